The van der Waals surface area contributed by atoms with Crippen molar-refractivity contribution >= 4 is 21.8 Å². The van der Waals surface area contributed by atoms with Crippen molar-refractivity contribution in [1.82, 2.24) is 0 Å². The monoisotopic (exact) mass is 417 g/mol. The number of carbonyl (C=O) groups is 1. The Bertz CT molecular complexity index is 1080. The fourth-order valence-corrected chi connectivity index (χ4v) is 4.33. The summed E-state index contributed by atoms with van der Waals surface area (Å²) in [7, 11) is -3.49. The third kappa shape index (κ3) is 3.76. The molecule has 0 aliphatic carbocycles. The highest BCUT2D eigenvalue weighted by Crippen LogP contribution is 2.41. The van der Waals surface area contributed by atoms with Crippen molar-refractivity contribution in [3.05, 3.63) is 41.0 Å². The minimum atomic E-state index is -3.49. The molecule has 2 heterocycles. The third-order valence-electron chi connectivity index (χ3n) is 5.03. The Morgan fingerprint density at radius 2 is 1.79 bits per heavy atom. The molecule has 0 aromatic heterocycles. The molecule has 0 unspecified atom stereocenters. The molecule has 0 radical (unpaired) electrons. The van der Waals surface area contributed by atoms with Gasteiger partial charge in [-0.15, -0.1) is 0 Å². The molecule has 8 heteroatoms. The number of aldehydes is 1. The lowest BCUT2D eigenvalue weighted by Gasteiger charge is -2.33. The summed E-state index contributed by atoms with van der Waals surface area (Å²) in [5.41, 5.74) is 3.08. The van der Waals surface area contributed by atoms with Crippen LogP contribution in [0.5, 0.6) is 17.2 Å². The molecule has 154 valence electrons. The fourth-order valence-electron chi connectivity index (χ4n) is 3.66. The molecular formula is C21H23NO6S. The van der Waals surface area contributed by atoms with Crippen LogP contribution in [0.2, 0.25) is 0 Å². The van der Waals surface area contributed by atoms with Crippen LogP contribution in [0.15, 0.2) is 29.2 Å². The number of ether oxygens (including phenoxy) is 3. The molecule has 2 aliphatic heterocycles. The lowest BCUT2D eigenvalue weighted by atomic mass is 9.98. The zero-order valence-corrected chi connectivity index (χ0v) is 17.4. The predicted molar refractivity (Wildman–Crippen MR) is 108 cm³/mol. The molecule has 0 N–H and O–H groups in total. The predicted octanol–water partition coefficient (Wildman–Crippen LogP) is 2.98. The lowest BCUT2D eigenvalue weighted by Crippen LogP contribution is -2.31. The van der Waals surface area contributed by atoms with Crippen LogP contribution in [0.3, 0.4) is 0 Å². The number of benzene rings is 2. The van der Waals surface area contributed by atoms with Crippen molar-refractivity contribution in [3.8, 4) is 17.2 Å². The molecule has 0 fully saturated rings. The fraction of sp³-hybridized carbons (Fsp3) is 0.381. The van der Waals surface area contributed by atoms with Crippen LogP contribution >= 0.6 is 0 Å². The van der Waals surface area contributed by atoms with E-state index in [1.54, 1.807) is 6.07 Å². The highest BCUT2D eigenvalue weighted by atomic mass is 32.2. The van der Waals surface area contributed by atoms with Gasteiger partial charge in [0.25, 0.3) is 0 Å². The zero-order valence-electron chi connectivity index (χ0n) is 16.6. The van der Waals surface area contributed by atoms with Gasteiger partial charge in [-0.25, -0.2) is 8.42 Å². The summed E-state index contributed by atoms with van der Waals surface area (Å²) < 4.78 is 41.3. The van der Waals surface area contributed by atoms with Crippen molar-refractivity contribution in [1.29, 1.82) is 0 Å². The van der Waals surface area contributed by atoms with Gasteiger partial charge in [-0.05, 0) is 55.7 Å². The Kier molecular flexibility index (Phi) is 4.90. The molecule has 0 amide bonds. The molecule has 0 spiro atoms. The summed E-state index contributed by atoms with van der Waals surface area (Å²) >= 11 is 0. The molecule has 0 saturated carbocycles. The van der Waals surface area contributed by atoms with Gasteiger partial charge < -0.3 is 19.1 Å². The second kappa shape index (κ2) is 7.26. The molecule has 29 heavy (non-hydrogen) atoms. The second-order valence-corrected chi connectivity index (χ2v) is 9.58. The summed E-state index contributed by atoms with van der Waals surface area (Å²) in [6, 6.07) is 6.94. The lowest BCUT2D eigenvalue weighted by molar-refractivity contribution is 0.111. The normalized spacial score (nSPS) is 15.4. The number of fused-ring (bicyclic) bond motifs is 2. The maximum atomic E-state index is 12.2. The smallest absolute Gasteiger partial charge is 0.231 e. The Morgan fingerprint density at radius 1 is 1.10 bits per heavy atom. The topological polar surface area (TPSA) is 82.1 Å². The van der Waals surface area contributed by atoms with Crippen molar-refractivity contribution in [2.24, 2.45) is 0 Å². The second-order valence-electron chi connectivity index (χ2n) is 7.56. The average Bonchev–Trinajstić information content (AvgIpc) is 3.11. The van der Waals surface area contributed by atoms with Crippen LogP contribution in [-0.2, 0) is 22.8 Å². The van der Waals surface area contributed by atoms with Crippen LogP contribution < -0.4 is 19.1 Å². The minimum Gasteiger partial charge on any atom is -0.488 e. The summed E-state index contributed by atoms with van der Waals surface area (Å²) in [6.45, 7) is 5.16. The van der Waals surface area contributed by atoms with Crippen molar-refractivity contribution in [2.45, 2.75) is 37.8 Å². The van der Waals surface area contributed by atoms with Crippen molar-refractivity contribution in [2.75, 3.05) is 24.5 Å². The average molecular weight is 417 g/mol. The van der Waals surface area contributed by atoms with Crippen LogP contribution in [-0.4, -0.2) is 40.4 Å². The van der Waals surface area contributed by atoms with Gasteiger partial charge in [0, 0.05) is 19.3 Å². The SMILES string of the molecule is CC(C)Oc1c(C=O)cc(S(C)(=O)=O)cc1N1CCc2cc3c(cc2C1)OCO3. The van der Waals surface area contributed by atoms with Gasteiger partial charge in [0.2, 0.25) is 6.79 Å². The largest absolute Gasteiger partial charge is 0.488 e. The van der Waals surface area contributed by atoms with Crippen LogP contribution in [0, 0.1) is 0 Å². The molecule has 4 rings (SSSR count). The van der Waals surface area contributed by atoms with E-state index in [2.05, 4.69) is 0 Å². The van der Waals surface area contributed by atoms with Gasteiger partial charge in [0.05, 0.1) is 22.3 Å². The molecule has 7 nitrogen and oxygen atoms in total. The van der Waals surface area contributed by atoms with Crippen LogP contribution in [0.1, 0.15) is 35.3 Å². The zero-order chi connectivity index (χ0) is 20.8. The van der Waals surface area contributed by atoms with E-state index in [9.17, 15) is 13.2 Å². The first-order valence-electron chi connectivity index (χ1n) is 9.42. The maximum Gasteiger partial charge on any atom is 0.231 e. The maximum absolute atomic E-state index is 12.2. The summed E-state index contributed by atoms with van der Waals surface area (Å²) in [5.74, 6) is 1.87. The molecule has 2 aliphatic rings. The van der Waals surface area contributed by atoms with E-state index in [-0.39, 0.29) is 23.4 Å². The first kappa shape index (κ1) is 19.6. The minimum absolute atomic E-state index is 0.0992. The quantitative estimate of drug-likeness (QED) is 0.692. The molecular weight excluding hydrogens is 394 g/mol. The number of sulfone groups is 1. The Labute approximate surface area is 170 Å². The molecule has 2 aromatic carbocycles. The Hall–Kier alpha value is -2.74. The van der Waals surface area contributed by atoms with Crippen LogP contribution in [0.25, 0.3) is 0 Å². The van der Waals surface area contributed by atoms with E-state index < -0.39 is 9.84 Å². The highest BCUT2D eigenvalue weighted by Gasteiger charge is 2.27. The number of nitrogens with zero attached hydrogens (tertiary/aromatic N) is 1. The number of hydrogen-bond acceptors (Lipinski definition) is 7. The Balaban J connectivity index is 1.80. The van der Waals surface area contributed by atoms with E-state index in [1.807, 2.05) is 30.9 Å². The van der Waals surface area contributed by atoms with E-state index in [1.165, 1.54) is 11.6 Å². The Morgan fingerprint density at radius 3 is 2.41 bits per heavy atom. The van der Waals surface area contributed by atoms with Crippen molar-refractivity contribution < 1.29 is 27.4 Å². The van der Waals surface area contributed by atoms with Gasteiger partial charge in [0.15, 0.2) is 33.4 Å². The van der Waals surface area contributed by atoms with Crippen LogP contribution in [0.4, 0.5) is 5.69 Å². The summed E-state index contributed by atoms with van der Waals surface area (Å²) in [4.78, 5) is 13.9. The van der Waals surface area contributed by atoms with Crippen molar-refractivity contribution in [3.63, 3.8) is 0 Å². The molecule has 0 atom stereocenters. The van der Waals surface area contributed by atoms with Gasteiger partial charge >= 0.3 is 0 Å². The number of carbonyl (C=O) groups excluding carboxylic acids is 1. The van der Waals surface area contributed by atoms with E-state index in [0.29, 0.717) is 36.6 Å². The van der Waals surface area contributed by atoms with E-state index in [0.717, 1.165) is 24.0 Å². The van der Waals surface area contributed by atoms with Gasteiger partial charge in [-0.3, -0.25) is 4.79 Å². The molecule has 2 aromatic rings. The molecule has 0 saturated heterocycles. The highest BCUT2D eigenvalue weighted by molar-refractivity contribution is 7.90. The number of hydrogen-bond donors (Lipinski definition) is 0. The van der Waals surface area contributed by atoms with E-state index in [4.69, 9.17) is 14.2 Å². The third-order valence-corrected chi connectivity index (χ3v) is 6.12. The molecule has 0 bridgehead atoms. The van der Waals surface area contributed by atoms with E-state index >= 15 is 0 Å². The summed E-state index contributed by atoms with van der Waals surface area (Å²) in [6.07, 6.45) is 2.37. The number of anilines is 1. The first-order valence-corrected chi connectivity index (χ1v) is 11.3. The van der Waals surface area contributed by atoms with Gasteiger partial charge in [0.1, 0.15) is 0 Å². The van der Waals surface area contributed by atoms with Gasteiger partial charge in [-0.1, -0.05) is 0 Å². The number of rotatable bonds is 5. The van der Waals surface area contributed by atoms with Gasteiger partial charge in [-0.2, -0.15) is 0 Å². The summed E-state index contributed by atoms with van der Waals surface area (Å²) in [5, 5.41) is 0. The standard InChI is InChI=1S/C21H23NO6S/c1-13(2)28-21-16(11-23)6-17(29(3,24)25)9-18(21)22-5-4-14-7-19-20(27-12-26-19)8-15(14)10-22/h6-9,11,13H,4-5,10,12H2,1-3H3. The first-order chi connectivity index (χ1) is 13.8.